The number of benzene rings is 2. The van der Waals surface area contributed by atoms with Gasteiger partial charge >= 0.3 is 0 Å². The van der Waals surface area contributed by atoms with E-state index in [1.807, 2.05) is 12.1 Å². The summed E-state index contributed by atoms with van der Waals surface area (Å²) in [6.07, 6.45) is 3.01. The number of rotatable bonds is 5. The topological polar surface area (TPSA) is 64.0 Å². The lowest BCUT2D eigenvalue weighted by Gasteiger charge is -2.08. The Morgan fingerprint density at radius 3 is 2.40 bits per heavy atom. The second-order valence-electron chi connectivity index (χ2n) is 5.23. The van der Waals surface area contributed by atoms with Gasteiger partial charge in [0.1, 0.15) is 4.90 Å². The smallest absolute Gasteiger partial charge is 0.263 e. The molecule has 0 saturated heterocycles. The Morgan fingerprint density at radius 2 is 1.68 bits per heavy atom. The van der Waals surface area contributed by atoms with Crippen LogP contribution in [0, 0.1) is 0 Å². The molecule has 0 fully saturated rings. The van der Waals surface area contributed by atoms with Crippen molar-refractivity contribution in [3.8, 4) is 0 Å². The Morgan fingerprint density at radius 1 is 1.00 bits per heavy atom. The lowest BCUT2D eigenvalue weighted by Crippen LogP contribution is -2.13. The Kier molecular flexibility index (Phi) is 5.24. The largest absolute Gasteiger partial charge is 0.276 e. The maximum Gasteiger partial charge on any atom is 0.263 e. The quantitative estimate of drug-likeness (QED) is 0.656. The van der Waals surface area contributed by atoms with Crippen molar-refractivity contribution in [1.29, 1.82) is 0 Å². The summed E-state index contributed by atoms with van der Waals surface area (Å²) < 4.78 is 29.0. The molecule has 0 aliphatic heterocycles. The Hall–Kier alpha value is -1.73. The average Bonchev–Trinajstić information content (AvgIpc) is 2.98. The summed E-state index contributed by atoms with van der Waals surface area (Å²) >= 11 is 17.7. The molecular formula is C16H12Cl3N3O2S. The van der Waals surface area contributed by atoms with Crippen molar-refractivity contribution >= 4 is 50.5 Å². The first-order valence-electron chi connectivity index (χ1n) is 7.08. The van der Waals surface area contributed by atoms with Gasteiger partial charge in [-0.3, -0.25) is 9.40 Å². The van der Waals surface area contributed by atoms with Crippen LogP contribution in [0.3, 0.4) is 0 Å². The number of anilines is 1. The summed E-state index contributed by atoms with van der Waals surface area (Å²) in [7, 11) is -3.87. The van der Waals surface area contributed by atoms with E-state index >= 15 is 0 Å². The molecule has 9 heteroatoms. The van der Waals surface area contributed by atoms with Crippen LogP contribution in [0.25, 0.3) is 0 Å². The van der Waals surface area contributed by atoms with Crippen molar-refractivity contribution in [3.05, 3.63) is 75.5 Å². The third kappa shape index (κ3) is 4.46. The minimum absolute atomic E-state index is 0.0884. The van der Waals surface area contributed by atoms with Crippen molar-refractivity contribution in [3.63, 3.8) is 0 Å². The molecule has 0 bridgehead atoms. The highest BCUT2D eigenvalue weighted by molar-refractivity contribution is 7.92. The van der Waals surface area contributed by atoms with Crippen molar-refractivity contribution in [1.82, 2.24) is 9.78 Å². The van der Waals surface area contributed by atoms with Gasteiger partial charge in [-0.1, -0.05) is 46.9 Å². The van der Waals surface area contributed by atoms with Crippen LogP contribution in [0.2, 0.25) is 15.1 Å². The van der Waals surface area contributed by atoms with E-state index in [1.54, 1.807) is 23.0 Å². The fraction of sp³-hybridized carbons (Fsp3) is 0.0625. The molecule has 1 heterocycles. The van der Waals surface area contributed by atoms with E-state index in [0.29, 0.717) is 17.3 Å². The molecule has 3 aromatic rings. The van der Waals surface area contributed by atoms with Crippen LogP contribution >= 0.6 is 34.8 Å². The van der Waals surface area contributed by atoms with Crippen LogP contribution in [0.15, 0.2) is 59.8 Å². The predicted octanol–water partition coefficient (Wildman–Crippen LogP) is 4.69. The zero-order chi connectivity index (χ0) is 18.0. The van der Waals surface area contributed by atoms with Gasteiger partial charge in [0, 0.05) is 16.2 Å². The molecule has 0 spiro atoms. The van der Waals surface area contributed by atoms with Crippen molar-refractivity contribution in [2.75, 3.05) is 4.72 Å². The highest BCUT2D eigenvalue weighted by Gasteiger charge is 2.19. The molecule has 0 aliphatic rings. The number of hydrogen-bond donors (Lipinski definition) is 1. The summed E-state index contributed by atoms with van der Waals surface area (Å²) in [5.74, 6) is 0. The predicted molar refractivity (Wildman–Crippen MR) is 100 cm³/mol. The second kappa shape index (κ2) is 7.25. The molecule has 0 amide bonds. The molecule has 25 heavy (non-hydrogen) atoms. The molecule has 3 rings (SSSR count). The Balaban J connectivity index is 1.78. The monoisotopic (exact) mass is 415 g/mol. The number of halogens is 3. The lowest BCUT2D eigenvalue weighted by molar-refractivity contribution is 0.601. The number of sulfonamides is 1. The minimum Gasteiger partial charge on any atom is -0.276 e. The summed E-state index contributed by atoms with van der Waals surface area (Å²) in [6, 6.07) is 11.6. The first kappa shape index (κ1) is 18.1. The molecule has 1 N–H and O–H groups in total. The van der Waals surface area contributed by atoms with Gasteiger partial charge in [-0.15, -0.1) is 0 Å². The van der Waals surface area contributed by atoms with Crippen LogP contribution in [0.5, 0.6) is 0 Å². The number of nitrogens with zero attached hydrogens (tertiary/aromatic N) is 2. The maximum absolute atomic E-state index is 12.5. The standard InChI is InChI=1S/C16H12Cl3N3O2S/c17-12-3-1-11(2-4-12)9-22-10-14(8-20-22)21-25(23,24)16-7-13(18)5-6-15(16)19/h1-8,10,21H,9H2. The molecule has 0 radical (unpaired) electrons. The van der Waals surface area contributed by atoms with E-state index in [9.17, 15) is 8.42 Å². The highest BCUT2D eigenvalue weighted by atomic mass is 35.5. The molecule has 0 atom stereocenters. The van der Waals surface area contributed by atoms with Gasteiger partial charge in [0.05, 0.1) is 23.5 Å². The average molecular weight is 417 g/mol. The normalized spacial score (nSPS) is 11.5. The van der Waals surface area contributed by atoms with Gasteiger partial charge in [-0.25, -0.2) is 8.42 Å². The van der Waals surface area contributed by atoms with Gasteiger partial charge < -0.3 is 0 Å². The van der Waals surface area contributed by atoms with Gasteiger partial charge in [-0.05, 0) is 35.9 Å². The number of aromatic nitrogens is 2. The third-order valence-electron chi connectivity index (χ3n) is 3.33. The maximum atomic E-state index is 12.5. The molecule has 0 aliphatic carbocycles. The summed E-state index contributed by atoms with van der Waals surface area (Å²) in [4.78, 5) is -0.0906. The van der Waals surface area contributed by atoms with Gasteiger partial charge in [0.15, 0.2) is 0 Å². The van der Waals surface area contributed by atoms with E-state index in [4.69, 9.17) is 34.8 Å². The van der Waals surface area contributed by atoms with Crippen LogP contribution in [-0.2, 0) is 16.6 Å². The van der Waals surface area contributed by atoms with E-state index in [0.717, 1.165) is 5.56 Å². The zero-order valence-electron chi connectivity index (χ0n) is 12.7. The molecule has 0 unspecified atom stereocenters. The van der Waals surface area contributed by atoms with Gasteiger partial charge in [0.25, 0.3) is 10.0 Å². The first-order valence-corrected chi connectivity index (χ1v) is 9.70. The third-order valence-corrected chi connectivity index (χ3v) is 5.68. The molecular weight excluding hydrogens is 405 g/mol. The van der Waals surface area contributed by atoms with Crippen LogP contribution < -0.4 is 4.72 Å². The van der Waals surface area contributed by atoms with E-state index in [1.165, 1.54) is 24.4 Å². The van der Waals surface area contributed by atoms with Crippen LogP contribution in [0.1, 0.15) is 5.56 Å². The summed E-state index contributed by atoms with van der Waals surface area (Å²) in [5, 5.41) is 5.17. The van der Waals surface area contributed by atoms with Gasteiger partial charge in [0.2, 0.25) is 0 Å². The number of hydrogen-bond acceptors (Lipinski definition) is 3. The van der Waals surface area contributed by atoms with Crippen LogP contribution in [0.4, 0.5) is 5.69 Å². The molecule has 5 nitrogen and oxygen atoms in total. The first-order chi connectivity index (χ1) is 11.8. The minimum atomic E-state index is -3.87. The van der Waals surface area contributed by atoms with Crippen LogP contribution in [-0.4, -0.2) is 18.2 Å². The summed E-state index contributed by atoms with van der Waals surface area (Å²) in [5.41, 5.74) is 1.31. The second-order valence-corrected chi connectivity index (χ2v) is 8.16. The number of nitrogens with one attached hydrogen (secondary N) is 1. The van der Waals surface area contributed by atoms with Crippen molar-refractivity contribution < 1.29 is 8.42 Å². The highest BCUT2D eigenvalue weighted by Crippen LogP contribution is 2.26. The lowest BCUT2D eigenvalue weighted by atomic mass is 10.2. The Labute approximate surface area is 160 Å². The fourth-order valence-corrected chi connectivity index (χ4v) is 4.09. The van der Waals surface area contributed by atoms with Crippen molar-refractivity contribution in [2.24, 2.45) is 0 Å². The molecule has 1 aromatic heterocycles. The Bertz CT molecular complexity index is 1000. The SMILES string of the molecule is O=S(=O)(Nc1cnn(Cc2ccc(Cl)cc2)c1)c1cc(Cl)ccc1Cl. The van der Waals surface area contributed by atoms with E-state index in [-0.39, 0.29) is 14.9 Å². The van der Waals surface area contributed by atoms with Gasteiger partial charge in [-0.2, -0.15) is 5.10 Å². The van der Waals surface area contributed by atoms with E-state index < -0.39 is 10.0 Å². The molecule has 130 valence electrons. The molecule has 0 saturated carbocycles. The van der Waals surface area contributed by atoms with Crippen molar-refractivity contribution in [2.45, 2.75) is 11.4 Å². The zero-order valence-corrected chi connectivity index (χ0v) is 15.7. The fourth-order valence-electron chi connectivity index (χ4n) is 2.17. The molecule has 2 aromatic carbocycles. The van der Waals surface area contributed by atoms with E-state index in [2.05, 4.69) is 9.82 Å². The summed E-state index contributed by atoms with van der Waals surface area (Å²) in [6.45, 7) is 0.483.